The summed E-state index contributed by atoms with van der Waals surface area (Å²) in [4.78, 5) is 13.7. The van der Waals surface area contributed by atoms with Gasteiger partial charge in [-0.2, -0.15) is 18.3 Å². The van der Waals surface area contributed by atoms with Crippen molar-refractivity contribution in [2.24, 2.45) is 0 Å². The van der Waals surface area contributed by atoms with E-state index in [9.17, 15) is 18.0 Å². The molecule has 1 saturated heterocycles. The number of rotatable bonds is 2. The lowest BCUT2D eigenvalue weighted by Gasteiger charge is -2.24. The fourth-order valence-corrected chi connectivity index (χ4v) is 2.85. The van der Waals surface area contributed by atoms with E-state index in [0.717, 1.165) is 6.07 Å². The molecule has 1 aliphatic rings. The molecule has 2 aromatic rings. The van der Waals surface area contributed by atoms with E-state index in [2.05, 4.69) is 5.10 Å². The Morgan fingerprint density at radius 1 is 1.35 bits per heavy atom. The van der Waals surface area contributed by atoms with Crippen LogP contribution >= 0.6 is 0 Å². The third-order valence-electron chi connectivity index (χ3n) is 3.96. The van der Waals surface area contributed by atoms with Gasteiger partial charge in [-0.05, 0) is 45.4 Å². The number of furan rings is 1. The number of alkyl halides is 3. The van der Waals surface area contributed by atoms with E-state index >= 15 is 0 Å². The summed E-state index contributed by atoms with van der Waals surface area (Å²) in [6.07, 6.45) is -3.17. The highest BCUT2D eigenvalue weighted by Crippen LogP contribution is 2.35. The molecule has 0 radical (unpaired) electrons. The Morgan fingerprint density at radius 2 is 2.08 bits per heavy atom. The van der Waals surface area contributed by atoms with Crippen molar-refractivity contribution in [2.75, 3.05) is 13.1 Å². The van der Waals surface area contributed by atoms with E-state index < -0.39 is 29.6 Å². The smallest absolute Gasteiger partial charge is 0.435 e. The van der Waals surface area contributed by atoms with Crippen molar-refractivity contribution < 1.29 is 27.1 Å². The Bertz CT molecular complexity index is 776. The van der Waals surface area contributed by atoms with Gasteiger partial charge in [0.05, 0.1) is 12.3 Å². The first-order valence-electron chi connectivity index (χ1n) is 8.23. The monoisotopic (exact) mass is 371 g/mol. The van der Waals surface area contributed by atoms with Gasteiger partial charge in [0.15, 0.2) is 11.5 Å². The van der Waals surface area contributed by atoms with Crippen molar-refractivity contribution in [3.63, 3.8) is 0 Å². The van der Waals surface area contributed by atoms with Crippen LogP contribution in [0.3, 0.4) is 0 Å². The first kappa shape index (κ1) is 18.3. The van der Waals surface area contributed by atoms with Crippen LogP contribution in [0.15, 0.2) is 28.9 Å². The summed E-state index contributed by atoms with van der Waals surface area (Å²) in [6.45, 7) is 5.89. The molecule has 142 valence electrons. The third-order valence-corrected chi connectivity index (χ3v) is 3.96. The van der Waals surface area contributed by atoms with Crippen LogP contribution in [-0.4, -0.2) is 39.5 Å². The van der Waals surface area contributed by atoms with Crippen LogP contribution in [0.4, 0.5) is 18.0 Å². The number of carbonyl (C=O) groups is 1. The van der Waals surface area contributed by atoms with Gasteiger partial charge < -0.3 is 14.1 Å². The zero-order valence-electron chi connectivity index (χ0n) is 14.7. The molecule has 1 aliphatic heterocycles. The molecule has 0 aromatic carbocycles. The first-order valence-corrected chi connectivity index (χ1v) is 8.23. The van der Waals surface area contributed by atoms with Crippen LogP contribution in [0.1, 0.15) is 38.9 Å². The van der Waals surface area contributed by atoms with Crippen molar-refractivity contribution in [2.45, 2.75) is 45.0 Å². The molecule has 0 aliphatic carbocycles. The third kappa shape index (κ3) is 3.86. The Balaban J connectivity index is 1.85. The molecule has 0 saturated carbocycles. The molecule has 2 aromatic heterocycles. The molecule has 0 bridgehead atoms. The zero-order chi connectivity index (χ0) is 19.1. The van der Waals surface area contributed by atoms with Gasteiger partial charge in [-0.25, -0.2) is 4.79 Å². The van der Waals surface area contributed by atoms with Gasteiger partial charge in [-0.3, -0.25) is 4.68 Å². The van der Waals surface area contributed by atoms with E-state index in [4.69, 9.17) is 9.15 Å². The molecular formula is C17H20F3N3O3. The second kappa shape index (κ2) is 6.37. The van der Waals surface area contributed by atoms with E-state index in [1.807, 2.05) is 0 Å². The maximum absolute atomic E-state index is 13.1. The van der Waals surface area contributed by atoms with Crippen LogP contribution in [0.2, 0.25) is 0 Å². The van der Waals surface area contributed by atoms with Crippen molar-refractivity contribution in [1.82, 2.24) is 14.7 Å². The number of hydrogen-bond acceptors (Lipinski definition) is 4. The first-order chi connectivity index (χ1) is 12.0. The highest BCUT2D eigenvalue weighted by atomic mass is 19.4. The van der Waals surface area contributed by atoms with Crippen molar-refractivity contribution >= 4 is 6.09 Å². The summed E-state index contributed by atoms with van der Waals surface area (Å²) in [5.74, 6) is 0.295. The summed E-state index contributed by atoms with van der Waals surface area (Å²) < 4.78 is 51.2. The molecule has 0 spiro atoms. The second-order valence-corrected chi connectivity index (χ2v) is 7.20. The maximum atomic E-state index is 13.1. The van der Waals surface area contributed by atoms with Gasteiger partial charge in [0.1, 0.15) is 11.3 Å². The van der Waals surface area contributed by atoms with Crippen LogP contribution in [0.25, 0.3) is 11.5 Å². The molecule has 1 amide bonds. The van der Waals surface area contributed by atoms with Gasteiger partial charge in [0.25, 0.3) is 0 Å². The lowest BCUT2D eigenvalue weighted by molar-refractivity contribution is -0.141. The topological polar surface area (TPSA) is 60.5 Å². The minimum Gasteiger partial charge on any atom is -0.463 e. The molecule has 9 heteroatoms. The number of hydrogen-bond donors (Lipinski definition) is 0. The summed E-state index contributed by atoms with van der Waals surface area (Å²) in [5.41, 5.74) is -1.39. The fraction of sp³-hybridized carbons (Fsp3) is 0.529. The minimum absolute atomic E-state index is 0.224. The summed E-state index contributed by atoms with van der Waals surface area (Å²) in [5, 5.41) is 3.74. The van der Waals surface area contributed by atoms with Crippen molar-refractivity contribution in [3.8, 4) is 11.5 Å². The Hall–Kier alpha value is -2.45. The number of ether oxygens (including phenoxy) is 1. The van der Waals surface area contributed by atoms with Crippen LogP contribution < -0.4 is 0 Å². The van der Waals surface area contributed by atoms with Crippen LogP contribution in [0.5, 0.6) is 0 Å². The predicted molar refractivity (Wildman–Crippen MR) is 86.4 cm³/mol. The highest BCUT2D eigenvalue weighted by molar-refractivity contribution is 5.68. The molecule has 3 heterocycles. The Labute approximate surface area is 148 Å². The summed E-state index contributed by atoms with van der Waals surface area (Å²) in [6, 6.07) is 3.75. The molecule has 26 heavy (non-hydrogen) atoms. The van der Waals surface area contributed by atoms with E-state index in [0.29, 0.717) is 18.7 Å². The summed E-state index contributed by atoms with van der Waals surface area (Å²) >= 11 is 0. The number of carbonyl (C=O) groups excluding carboxylic acids is 1. The average Bonchev–Trinajstić information content (AvgIpc) is 3.24. The average molecular weight is 371 g/mol. The number of likely N-dealkylation sites (tertiary alicyclic amines) is 1. The molecule has 6 nitrogen and oxygen atoms in total. The minimum atomic E-state index is -4.56. The maximum Gasteiger partial charge on any atom is 0.435 e. The Kier molecular flexibility index (Phi) is 4.49. The number of aromatic nitrogens is 2. The Morgan fingerprint density at radius 3 is 2.65 bits per heavy atom. The van der Waals surface area contributed by atoms with Crippen molar-refractivity contribution in [1.29, 1.82) is 0 Å². The largest absolute Gasteiger partial charge is 0.463 e. The van der Waals surface area contributed by atoms with Gasteiger partial charge in [0.2, 0.25) is 0 Å². The normalized spacial score (nSPS) is 18.4. The number of halogens is 3. The quantitative estimate of drug-likeness (QED) is 0.788. The SMILES string of the molecule is CC(C)(C)OC(=O)N1CC[C@@H](n2nc(C(F)(F)F)cc2-c2ccco2)C1. The fourth-order valence-electron chi connectivity index (χ4n) is 2.85. The molecule has 3 rings (SSSR count). The van der Waals surface area contributed by atoms with Gasteiger partial charge in [-0.15, -0.1) is 0 Å². The van der Waals surface area contributed by atoms with Crippen LogP contribution in [0, 0.1) is 0 Å². The number of amides is 1. The van der Waals surface area contributed by atoms with Gasteiger partial charge in [-0.1, -0.05) is 0 Å². The molecule has 0 N–H and O–H groups in total. The standard InChI is InChI=1S/C17H20F3N3O3/c1-16(2,3)26-15(24)22-7-6-11(10-22)23-12(13-5-4-8-25-13)9-14(21-23)17(18,19)20/h4-5,8-9,11H,6-7,10H2,1-3H3/t11-/m1/s1. The van der Waals surface area contributed by atoms with E-state index in [-0.39, 0.29) is 12.2 Å². The predicted octanol–water partition coefficient (Wildman–Crippen LogP) is 4.34. The number of nitrogens with zero attached hydrogens (tertiary/aromatic N) is 3. The van der Waals surface area contributed by atoms with Crippen molar-refractivity contribution in [3.05, 3.63) is 30.2 Å². The summed E-state index contributed by atoms with van der Waals surface area (Å²) in [7, 11) is 0. The van der Waals surface area contributed by atoms with E-state index in [1.54, 1.807) is 32.9 Å². The lowest BCUT2D eigenvalue weighted by Crippen LogP contribution is -2.35. The van der Waals surface area contributed by atoms with Gasteiger partial charge >= 0.3 is 12.3 Å². The van der Waals surface area contributed by atoms with Crippen LogP contribution in [-0.2, 0) is 10.9 Å². The highest BCUT2D eigenvalue weighted by Gasteiger charge is 2.38. The molecule has 1 fully saturated rings. The van der Waals surface area contributed by atoms with Gasteiger partial charge in [0, 0.05) is 13.1 Å². The molecule has 1 atom stereocenters. The zero-order valence-corrected chi connectivity index (χ0v) is 14.7. The molecule has 0 unspecified atom stereocenters. The lowest BCUT2D eigenvalue weighted by atomic mass is 10.2. The second-order valence-electron chi connectivity index (χ2n) is 7.20. The van der Waals surface area contributed by atoms with E-state index in [1.165, 1.54) is 15.8 Å². The molecular weight excluding hydrogens is 351 g/mol.